The van der Waals surface area contributed by atoms with Crippen molar-refractivity contribution in [1.82, 2.24) is 19.8 Å². The smallest absolute Gasteiger partial charge is 0.410 e. The molecule has 0 N–H and O–H groups in total. The topological polar surface area (TPSA) is 110 Å². The van der Waals surface area contributed by atoms with Crippen LogP contribution in [0.4, 0.5) is 20.7 Å². The predicted molar refractivity (Wildman–Crippen MR) is 205 cm³/mol. The number of hydrogen-bond acceptors (Lipinski definition) is 10. The fourth-order valence-corrected chi connectivity index (χ4v) is 9.72. The van der Waals surface area contributed by atoms with E-state index in [1.165, 1.54) is 0 Å². The monoisotopic (exact) mass is 770 g/mol. The minimum atomic E-state index is -0.907. The lowest BCUT2D eigenvalue weighted by Gasteiger charge is -2.42. The third-order valence-corrected chi connectivity index (χ3v) is 12.3. The highest BCUT2D eigenvalue weighted by Gasteiger charge is 2.50. The largest absolute Gasteiger partial charge is 0.467 e. The summed E-state index contributed by atoms with van der Waals surface area (Å²) in [5.74, 6) is 0.866. The molecule has 0 saturated carbocycles. The number of halogens is 2. The maximum absolute atomic E-state index is 14.8. The molecule has 0 spiro atoms. The summed E-state index contributed by atoms with van der Waals surface area (Å²) < 4.78 is 37.9. The van der Waals surface area contributed by atoms with Crippen molar-refractivity contribution >= 4 is 45.9 Å². The molecular weight excluding hydrogens is 727 g/mol. The molecule has 1 aromatic heterocycles. The molecular formula is C41H44ClFN6O6. The highest BCUT2D eigenvalue weighted by Crippen LogP contribution is 2.43. The number of carbonyl (C=O) groups excluding carboxylic acids is 2. The van der Waals surface area contributed by atoms with E-state index in [1.54, 1.807) is 18.1 Å². The Morgan fingerprint density at radius 3 is 2.62 bits per heavy atom. The van der Waals surface area contributed by atoms with E-state index in [4.69, 9.17) is 40.5 Å². The Hall–Kier alpha value is -4.72. The number of fused-ring (bicyclic) bond motifs is 5. The van der Waals surface area contributed by atoms with Gasteiger partial charge in [-0.2, -0.15) is 9.97 Å². The van der Waals surface area contributed by atoms with E-state index in [0.717, 1.165) is 54.1 Å². The van der Waals surface area contributed by atoms with Crippen LogP contribution in [0.3, 0.4) is 0 Å². The van der Waals surface area contributed by atoms with Gasteiger partial charge in [-0.3, -0.25) is 14.6 Å². The highest BCUT2D eigenvalue weighted by molar-refractivity contribution is 6.37. The number of aromatic nitrogens is 2. The summed E-state index contributed by atoms with van der Waals surface area (Å²) in [6.45, 7) is 3.12. The van der Waals surface area contributed by atoms with Crippen LogP contribution in [0.2, 0.25) is 5.02 Å². The molecule has 4 fully saturated rings. The summed E-state index contributed by atoms with van der Waals surface area (Å²) in [6, 6.07) is 18.9. The number of benzene rings is 3. The van der Waals surface area contributed by atoms with Gasteiger partial charge in [0.05, 0.1) is 28.3 Å². The second-order valence-electron chi connectivity index (χ2n) is 15.3. The predicted octanol–water partition coefficient (Wildman–Crippen LogP) is 6.41. The van der Waals surface area contributed by atoms with Gasteiger partial charge in [0.1, 0.15) is 36.6 Å². The lowest BCUT2D eigenvalue weighted by atomic mass is 9.95. The molecule has 0 radical (unpaired) electrons. The average Bonchev–Trinajstić information content (AvgIpc) is 3.81. The van der Waals surface area contributed by atoms with E-state index in [1.807, 2.05) is 59.5 Å². The first-order valence-electron chi connectivity index (χ1n) is 19.1. The molecule has 55 heavy (non-hydrogen) atoms. The minimum Gasteiger partial charge on any atom is -0.467 e. The zero-order chi connectivity index (χ0) is 37.7. The van der Waals surface area contributed by atoms with Crippen molar-refractivity contribution in [2.75, 3.05) is 63.0 Å². The second-order valence-corrected chi connectivity index (χ2v) is 15.7. The van der Waals surface area contributed by atoms with Crippen molar-refractivity contribution in [3.8, 4) is 11.8 Å². The van der Waals surface area contributed by atoms with Crippen molar-refractivity contribution in [2.45, 2.75) is 68.9 Å². The van der Waals surface area contributed by atoms with Crippen LogP contribution in [0.25, 0.3) is 10.8 Å². The van der Waals surface area contributed by atoms with Crippen molar-refractivity contribution in [1.29, 1.82) is 0 Å². The highest BCUT2D eigenvalue weighted by atomic mass is 35.5. The van der Waals surface area contributed by atoms with Crippen LogP contribution >= 0.6 is 11.6 Å². The molecule has 0 aliphatic carbocycles. The Kier molecular flexibility index (Phi) is 9.63. The molecule has 4 aromatic rings. The van der Waals surface area contributed by atoms with Crippen molar-refractivity contribution in [3.63, 3.8) is 0 Å². The molecule has 14 heteroatoms. The molecule has 2 bridgehead atoms. The van der Waals surface area contributed by atoms with Gasteiger partial charge in [-0.15, -0.1) is 0 Å². The fraction of sp³-hybridized carbons (Fsp3) is 0.463. The van der Waals surface area contributed by atoms with Crippen molar-refractivity contribution in [2.24, 2.45) is 0 Å². The molecule has 2 amide bonds. The van der Waals surface area contributed by atoms with E-state index >= 15 is 0 Å². The van der Waals surface area contributed by atoms with Crippen LogP contribution in [0.15, 0.2) is 60.7 Å². The number of piperazine rings is 1. The number of carbonyl (C=O) groups is 2. The number of alkyl halides is 1. The van der Waals surface area contributed by atoms with Crippen molar-refractivity contribution in [3.05, 3.63) is 82.5 Å². The minimum absolute atomic E-state index is 0.0433. The normalized spacial score (nSPS) is 24.7. The van der Waals surface area contributed by atoms with Crippen LogP contribution in [-0.2, 0) is 22.5 Å². The van der Waals surface area contributed by atoms with Crippen LogP contribution in [0.1, 0.15) is 53.7 Å². The molecule has 288 valence electrons. The molecule has 5 aliphatic rings. The number of ether oxygens (including phenoxy) is 4. The van der Waals surface area contributed by atoms with Gasteiger partial charge in [0.2, 0.25) is 0 Å². The first-order valence-corrected chi connectivity index (χ1v) is 19.5. The zero-order valence-corrected chi connectivity index (χ0v) is 31.5. The third kappa shape index (κ3) is 6.69. The number of methoxy groups -OCH3 is 1. The average molecular weight is 771 g/mol. The Morgan fingerprint density at radius 2 is 1.82 bits per heavy atom. The summed E-state index contributed by atoms with van der Waals surface area (Å²) in [6.07, 6.45) is 3.13. The molecule has 9 rings (SSSR count). The molecule has 2 unspecified atom stereocenters. The first kappa shape index (κ1) is 35.9. The Morgan fingerprint density at radius 1 is 1.00 bits per heavy atom. The van der Waals surface area contributed by atoms with Gasteiger partial charge < -0.3 is 28.7 Å². The maximum Gasteiger partial charge on any atom is 0.410 e. The zero-order valence-electron chi connectivity index (χ0n) is 30.8. The van der Waals surface area contributed by atoms with Gasteiger partial charge in [0, 0.05) is 56.7 Å². The van der Waals surface area contributed by atoms with Gasteiger partial charge in [-0.1, -0.05) is 54.1 Å². The lowest BCUT2D eigenvalue weighted by molar-refractivity contribution is 0.0512. The molecule has 4 saturated heterocycles. The summed E-state index contributed by atoms with van der Waals surface area (Å²) in [7, 11) is 1.55. The number of rotatable bonds is 10. The Labute approximate surface area is 324 Å². The number of anilines is 2. The summed E-state index contributed by atoms with van der Waals surface area (Å²) in [5, 5.41) is 2.06. The van der Waals surface area contributed by atoms with Crippen molar-refractivity contribution < 1.29 is 32.9 Å². The Bertz CT molecular complexity index is 2100. The lowest BCUT2D eigenvalue weighted by Crippen LogP contribution is -2.56. The van der Waals surface area contributed by atoms with Crippen LogP contribution in [0, 0.1) is 0 Å². The summed E-state index contributed by atoms with van der Waals surface area (Å²) in [5.41, 5.74) is 2.11. The quantitative estimate of drug-likeness (QED) is 0.168. The Balaban J connectivity index is 1.04. The number of hydrogen-bond donors (Lipinski definition) is 0. The summed E-state index contributed by atoms with van der Waals surface area (Å²) >= 11 is 6.79. The van der Waals surface area contributed by atoms with E-state index in [9.17, 15) is 14.0 Å². The van der Waals surface area contributed by atoms with Gasteiger partial charge in [-0.05, 0) is 61.7 Å². The van der Waals surface area contributed by atoms with Gasteiger partial charge >= 0.3 is 12.1 Å². The van der Waals surface area contributed by atoms with E-state index in [0.29, 0.717) is 61.3 Å². The fourth-order valence-electron chi connectivity index (χ4n) is 9.44. The van der Waals surface area contributed by atoms with Crippen LogP contribution < -0.4 is 19.3 Å². The molecule has 4 atom stereocenters. The first-order chi connectivity index (χ1) is 26.8. The SMILES string of the molecule is COCOc1cc(N2CCc3c(nc(OC[C@@]45CCCN4C[C@H](F)C5)nc3N3CC4CCC(C3)N4C(=O)OCc3ccccc3)C2=O)c2c(Cl)cccc2c1. The molecule has 3 aromatic carbocycles. The maximum atomic E-state index is 14.8. The van der Waals surface area contributed by atoms with Gasteiger partial charge in [-0.25, -0.2) is 9.18 Å². The standard InChI is InChI=1S/C41H44ClFN6O6/c1-52-25-55-31-17-27-9-5-10-33(42)35(27)34(18-31)48-16-13-32-36(38(48)50)44-39(54-24-41-14-6-15-47(41)20-28(43)19-41)45-37(32)46-21-29-11-12-30(22-46)49(29)40(51)53-23-26-7-3-2-4-8-26/h2-5,7-10,17-18,28-30H,6,11-16,19-25H2,1H3/t28-,29?,30?,41+/m1/s1. The van der Waals surface area contributed by atoms with E-state index in [2.05, 4.69) is 9.80 Å². The molecule has 12 nitrogen and oxygen atoms in total. The second kappa shape index (κ2) is 14.7. The van der Waals surface area contributed by atoms with E-state index < -0.39 is 11.7 Å². The third-order valence-electron chi connectivity index (χ3n) is 11.9. The number of amides is 2. The van der Waals surface area contributed by atoms with Crippen LogP contribution in [-0.4, -0.2) is 109 Å². The van der Waals surface area contributed by atoms with E-state index in [-0.39, 0.29) is 55.8 Å². The number of nitrogens with zero attached hydrogens (tertiary/aromatic N) is 6. The molecule has 6 heterocycles. The summed E-state index contributed by atoms with van der Waals surface area (Å²) in [4.78, 5) is 46.0. The van der Waals surface area contributed by atoms with Gasteiger partial charge in [0.15, 0.2) is 6.79 Å². The van der Waals surface area contributed by atoms with Gasteiger partial charge in [0.25, 0.3) is 5.91 Å². The molecule has 5 aliphatic heterocycles. The van der Waals surface area contributed by atoms with Crippen LogP contribution in [0.5, 0.6) is 11.8 Å².